The minimum Gasteiger partial charge on any atom is -0.486 e. The molecule has 6 nitrogen and oxygen atoms in total. The van der Waals surface area contributed by atoms with E-state index >= 15 is 0 Å². The number of piperidine rings is 1. The van der Waals surface area contributed by atoms with Crippen LogP contribution in [0.2, 0.25) is 0 Å². The molecule has 2 saturated heterocycles. The zero-order valence-electron chi connectivity index (χ0n) is 16.2. The summed E-state index contributed by atoms with van der Waals surface area (Å²) < 4.78 is 17.0. The topological polar surface area (TPSA) is 51.2 Å². The van der Waals surface area contributed by atoms with E-state index in [4.69, 9.17) is 14.2 Å². The molecule has 0 aliphatic carbocycles. The maximum absolute atomic E-state index is 12.4. The SMILES string of the molecule is COCCCN1CC2(CCN(C[C@H]3COc4ccccc4O3)CC2)CC1=O. The maximum Gasteiger partial charge on any atom is 0.223 e. The lowest BCUT2D eigenvalue weighted by atomic mass is 9.77. The van der Waals surface area contributed by atoms with Gasteiger partial charge >= 0.3 is 0 Å². The Bertz CT molecular complexity index is 657. The van der Waals surface area contributed by atoms with Crippen molar-refractivity contribution in [1.82, 2.24) is 9.80 Å². The van der Waals surface area contributed by atoms with E-state index in [2.05, 4.69) is 4.90 Å². The first kappa shape index (κ1) is 18.6. The molecule has 3 aliphatic rings. The van der Waals surface area contributed by atoms with E-state index in [9.17, 15) is 4.79 Å². The van der Waals surface area contributed by atoms with E-state index in [1.54, 1.807) is 7.11 Å². The lowest BCUT2D eigenvalue weighted by Gasteiger charge is -2.40. The van der Waals surface area contributed by atoms with Crippen LogP contribution >= 0.6 is 0 Å². The second kappa shape index (κ2) is 8.07. The molecule has 1 aromatic carbocycles. The maximum atomic E-state index is 12.4. The largest absolute Gasteiger partial charge is 0.486 e. The second-order valence-corrected chi connectivity index (χ2v) is 8.14. The van der Waals surface area contributed by atoms with Crippen LogP contribution in [-0.4, -0.2) is 74.9 Å². The number of ether oxygens (including phenoxy) is 3. The summed E-state index contributed by atoms with van der Waals surface area (Å²) in [6.45, 7) is 6.00. The quantitative estimate of drug-likeness (QED) is 0.715. The number of likely N-dealkylation sites (tertiary alicyclic amines) is 2. The fourth-order valence-corrected chi connectivity index (χ4v) is 4.57. The molecular formula is C21H30N2O4. The summed E-state index contributed by atoms with van der Waals surface area (Å²) in [4.78, 5) is 16.9. The Balaban J connectivity index is 1.25. The highest BCUT2D eigenvalue weighted by Crippen LogP contribution is 2.41. The van der Waals surface area contributed by atoms with Crippen molar-refractivity contribution in [3.05, 3.63) is 24.3 Å². The molecule has 3 aliphatic heterocycles. The number of methoxy groups -OCH3 is 1. The highest BCUT2D eigenvalue weighted by molar-refractivity contribution is 5.79. The molecule has 0 unspecified atom stereocenters. The standard InChI is InChI=1S/C21H30N2O4/c1-25-12-4-9-23-16-21(13-20(23)24)7-10-22(11-8-21)14-17-15-26-18-5-2-3-6-19(18)27-17/h2-3,5-6,17H,4,7-16H2,1H3/t17-/m0/s1. The third-order valence-corrected chi connectivity index (χ3v) is 6.13. The highest BCUT2D eigenvalue weighted by atomic mass is 16.6. The van der Waals surface area contributed by atoms with Gasteiger partial charge in [-0.05, 0) is 49.9 Å². The number of benzene rings is 1. The highest BCUT2D eigenvalue weighted by Gasteiger charge is 2.44. The molecule has 0 N–H and O–H groups in total. The normalized spacial score (nSPS) is 24.6. The Kier molecular flexibility index (Phi) is 5.55. The van der Waals surface area contributed by atoms with E-state index in [-0.39, 0.29) is 11.5 Å². The minimum atomic E-state index is 0.0738. The molecule has 3 heterocycles. The van der Waals surface area contributed by atoms with Crippen LogP contribution in [0, 0.1) is 5.41 Å². The van der Waals surface area contributed by atoms with Crippen molar-refractivity contribution in [2.45, 2.75) is 31.8 Å². The van der Waals surface area contributed by atoms with Crippen LogP contribution in [0.1, 0.15) is 25.7 Å². The lowest BCUT2D eigenvalue weighted by Crippen LogP contribution is -2.47. The molecule has 0 bridgehead atoms. The van der Waals surface area contributed by atoms with Crippen molar-refractivity contribution in [1.29, 1.82) is 0 Å². The number of hydrogen-bond acceptors (Lipinski definition) is 5. The van der Waals surface area contributed by atoms with Gasteiger partial charge in [0.2, 0.25) is 5.91 Å². The fraction of sp³-hybridized carbons (Fsp3) is 0.667. The summed E-state index contributed by atoms with van der Waals surface area (Å²) in [5.41, 5.74) is 0.178. The number of rotatable bonds is 6. The third-order valence-electron chi connectivity index (χ3n) is 6.13. The summed E-state index contributed by atoms with van der Waals surface area (Å²) in [6.07, 6.45) is 3.88. The van der Waals surface area contributed by atoms with Gasteiger partial charge in [0.15, 0.2) is 11.5 Å². The van der Waals surface area contributed by atoms with Gasteiger partial charge in [0.05, 0.1) is 0 Å². The van der Waals surface area contributed by atoms with Crippen LogP contribution in [0.3, 0.4) is 0 Å². The van der Waals surface area contributed by atoms with Crippen molar-refractivity contribution in [3.8, 4) is 11.5 Å². The summed E-state index contributed by atoms with van der Waals surface area (Å²) in [5.74, 6) is 2.00. The van der Waals surface area contributed by atoms with Crippen molar-refractivity contribution >= 4 is 5.91 Å². The van der Waals surface area contributed by atoms with E-state index < -0.39 is 0 Å². The average molecular weight is 374 g/mol. The van der Waals surface area contributed by atoms with Gasteiger partial charge in [0, 0.05) is 39.8 Å². The molecule has 148 valence electrons. The van der Waals surface area contributed by atoms with Crippen molar-refractivity contribution < 1.29 is 19.0 Å². The van der Waals surface area contributed by atoms with Crippen molar-refractivity contribution in [2.24, 2.45) is 5.41 Å². The van der Waals surface area contributed by atoms with E-state index in [1.165, 1.54) is 0 Å². The summed E-state index contributed by atoms with van der Waals surface area (Å²) >= 11 is 0. The number of carbonyl (C=O) groups excluding carboxylic acids is 1. The Morgan fingerprint density at radius 3 is 2.78 bits per heavy atom. The fourth-order valence-electron chi connectivity index (χ4n) is 4.57. The minimum absolute atomic E-state index is 0.0738. The van der Waals surface area contributed by atoms with Crippen LogP contribution in [0.15, 0.2) is 24.3 Å². The number of amides is 1. The smallest absolute Gasteiger partial charge is 0.223 e. The van der Waals surface area contributed by atoms with Crippen LogP contribution in [-0.2, 0) is 9.53 Å². The zero-order chi connectivity index (χ0) is 18.7. The predicted octanol–water partition coefficient (Wildman–Crippen LogP) is 2.18. The van der Waals surface area contributed by atoms with Gasteiger partial charge in [-0.2, -0.15) is 0 Å². The Morgan fingerprint density at radius 1 is 1.22 bits per heavy atom. The molecule has 1 amide bonds. The number of nitrogens with zero attached hydrogens (tertiary/aromatic N) is 2. The van der Waals surface area contributed by atoms with Gasteiger partial charge < -0.3 is 19.1 Å². The molecule has 0 aromatic heterocycles. The molecule has 4 rings (SSSR count). The van der Waals surface area contributed by atoms with Gasteiger partial charge in [0.25, 0.3) is 0 Å². The summed E-state index contributed by atoms with van der Waals surface area (Å²) in [7, 11) is 1.71. The molecule has 1 atom stereocenters. The van der Waals surface area contributed by atoms with Gasteiger partial charge in [-0.3, -0.25) is 9.69 Å². The van der Waals surface area contributed by atoms with Gasteiger partial charge in [-0.25, -0.2) is 0 Å². The van der Waals surface area contributed by atoms with E-state index in [1.807, 2.05) is 29.2 Å². The first-order chi connectivity index (χ1) is 13.2. The van der Waals surface area contributed by atoms with Gasteiger partial charge in [-0.1, -0.05) is 12.1 Å². The van der Waals surface area contributed by atoms with E-state index in [0.29, 0.717) is 18.9 Å². The number of hydrogen-bond donors (Lipinski definition) is 0. The van der Waals surface area contributed by atoms with Gasteiger partial charge in [-0.15, -0.1) is 0 Å². The first-order valence-corrected chi connectivity index (χ1v) is 10.1. The summed E-state index contributed by atoms with van der Waals surface area (Å²) in [6, 6.07) is 7.86. The Labute approximate surface area is 161 Å². The van der Waals surface area contributed by atoms with Crippen molar-refractivity contribution in [3.63, 3.8) is 0 Å². The van der Waals surface area contributed by atoms with Gasteiger partial charge in [0.1, 0.15) is 12.7 Å². The Morgan fingerprint density at radius 2 is 2.00 bits per heavy atom. The third kappa shape index (κ3) is 4.22. The number of carbonyl (C=O) groups is 1. The average Bonchev–Trinajstić information content (AvgIpc) is 2.99. The monoisotopic (exact) mass is 374 g/mol. The molecule has 1 spiro atoms. The van der Waals surface area contributed by atoms with Crippen molar-refractivity contribution in [2.75, 3.05) is 53.0 Å². The number of para-hydroxylation sites is 2. The predicted molar refractivity (Wildman–Crippen MR) is 102 cm³/mol. The molecule has 1 aromatic rings. The number of fused-ring (bicyclic) bond motifs is 1. The van der Waals surface area contributed by atoms with Crippen LogP contribution < -0.4 is 9.47 Å². The van der Waals surface area contributed by atoms with Crippen LogP contribution in [0.25, 0.3) is 0 Å². The van der Waals surface area contributed by atoms with Crippen LogP contribution in [0.4, 0.5) is 0 Å². The lowest BCUT2D eigenvalue weighted by molar-refractivity contribution is -0.128. The Hall–Kier alpha value is -1.79. The molecule has 2 fully saturated rings. The second-order valence-electron chi connectivity index (χ2n) is 8.14. The first-order valence-electron chi connectivity index (χ1n) is 10.1. The van der Waals surface area contributed by atoms with Crippen LogP contribution in [0.5, 0.6) is 11.5 Å². The molecular weight excluding hydrogens is 344 g/mol. The summed E-state index contributed by atoms with van der Waals surface area (Å²) in [5, 5.41) is 0. The molecule has 6 heteroatoms. The van der Waals surface area contributed by atoms with E-state index in [0.717, 1.165) is 70.1 Å². The molecule has 0 radical (unpaired) electrons. The molecule has 27 heavy (non-hydrogen) atoms. The molecule has 0 saturated carbocycles. The zero-order valence-corrected chi connectivity index (χ0v) is 16.2.